The van der Waals surface area contributed by atoms with E-state index in [-0.39, 0.29) is 0 Å². The summed E-state index contributed by atoms with van der Waals surface area (Å²) in [5.41, 5.74) is 18.6. The van der Waals surface area contributed by atoms with Crippen molar-refractivity contribution < 1.29 is 4.74 Å². The lowest BCUT2D eigenvalue weighted by Crippen LogP contribution is -2.39. The SMILES string of the molecule is c1ccc2c(c1)Sc1ccccc1C21c2ccccc2N(c2ccc3c(c2)Oc2cc(N4c5ccccc5C5(c6ccccc6Sc6ccccc65)c5ccccc54)ccc2C3)c2ccccc21. The van der Waals surface area contributed by atoms with Crippen LogP contribution in [-0.4, -0.2) is 0 Å². The van der Waals surface area contributed by atoms with Crippen LogP contribution in [0.2, 0.25) is 0 Å². The molecule has 0 aliphatic carbocycles. The van der Waals surface area contributed by atoms with Gasteiger partial charge in [0.1, 0.15) is 11.5 Å². The van der Waals surface area contributed by atoms with E-state index in [4.69, 9.17) is 4.74 Å². The summed E-state index contributed by atoms with van der Waals surface area (Å²) < 4.78 is 7.14. The molecule has 0 aromatic heterocycles. The smallest absolute Gasteiger partial charge is 0.133 e. The number of nitrogens with zero attached hydrogens (tertiary/aromatic N) is 2. The van der Waals surface area contributed by atoms with E-state index in [1.807, 2.05) is 23.5 Å². The van der Waals surface area contributed by atoms with Crippen LogP contribution in [0, 0.1) is 0 Å². The Balaban J connectivity index is 0.857. The average Bonchev–Trinajstić information content (AvgIpc) is 3.40. The van der Waals surface area contributed by atoms with Gasteiger partial charge in [0.25, 0.3) is 0 Å². The standard InChI is InChI=1S/C63H40N2OS2/c1-9-25-52-44(17-1)62(48-21-5-13-29-58(48)67-59-30-14-6-22-49(59)62)45-18-2-10-26-53(45)64(52)42-35-33-40-37-41-34-36-43(39-57(41)66-56(40)38-42)65-54-27-11-3-19-46(54)63(47-20-4-12-28-55(47)65)50-23-7-15-31-60(50)68-61-32-16-8-24-51(61)63/h1-36,38-39H,37H2. The van der Waals surface area contributed by atoms with Crippen molar-refractivity contribution in [2.24, 2.45) is 0 Å². The van der Waals surface area contributed by atoms with Gasteiger partial charge < -0.3 is 14.5 Å². The van der Waals surface area contributed by atoms with Gasteiger partial charge in [-0.05, 0) is 116 Å². The number of benzene rings is 10. The molecule has 5 heterocycles. The van der Waals surface area contributed by atoms with Crippen LogP contribution in [0.25, 0.3) is 0 Å². The van der Waals surface area contributed by atoms with Gasteiger partial charge in [0.15, 0.2) is 0 Å². The van der Waals surface area contributed by atoms with Crippen LogP contribution < -0.4 is 14.5 Å². The Morgan fingerprint density at radius 2 is 0.588 bits per heavy atom. The molecular formula is C63H40N2OS2. The second-order valence-corrected chi connectivity index (χ2v) is 20.5. The third-order valence-corrected chi connectivity index (χ3v) is 17.3. The van der Waals surface area contributed by atoms with Crippen molar-refractivity contribution in [1.82, 2.24) is 0 Å². The van der Waals surface area contributed by atoms with Crippen molar-refractivity contribution in [3.63, 3.8) is 0 Å². The number of hydrogen-bond donors (Lipinski definition) is 0. The summed E-state index contributed by atoms with van der Waals surface area (Å²) >= 11 is 3.75. The van der Waals surface area contributed by atoms with Gasteiger partial charge in [0.2, 0.25) is 0 Å². The molecule has 0 N–H and O–H groups in total. The van der Waals surface area contributed by atoms with Crippen LogP contribution >= 0.6 is 23.5 Å². The Labute approximate surface area is 404 Å². The summed E-state index contributed by atoms with van der Waals surface area (Å²) in [6.07, 6.45) is 0.786. The summed E-state index contributed by atoms with van der Waals surface area (Å²) in [7, 11) is 0. The predicted molar refractivity (Wildman–Crippen MR) is 277 cm³/mol. The maximum atomic E-state index is 7.14. The first-order chi connectivity index (χ1) is 33.7. The molecule has 0 amide bonds. The monoisotopic (exact) mass is 904 g/mol. The van der Waals surface area contributed by atoms with Crippen molar-refractivity contribution in [1.29, 1.82) is 0 Å². The average molecular weight is 905 g/mol. The number of para-hydroxylation sites is 4. The molecule has 2 spiro atoms. The molecule has 10 aromatic rings. The number of rotatable bonds is 2. The highest BCUT2D eigenvalue weighted by Crippen LogP contribution is 2.65. The molecule has 0 saturated carbocycles. The van der Waals surface area contributed by atoms with Gasteiger partial charge >= 0.3 is 0 Å². The fourth-order valence-electron chi connectivity index (χ4n) is 12.4. The zero-order valence-corrected chi connectivity index (χ0v) is 38.4. The van der Waals surface area contributed by atoms with Crippen LogP contribution in [0.1, 0.15) is 55.6 Å². The number of ether oxygens (including phenoxy) is 1. The van der Waals surface area contributed by atoms with Gasteiger partial charge in [0, 0.05) is 49.5 Å². The zero-order chi connectivity index (χ0) is 44.6. The lowest BCUT2D eigenvalue weighted by molar-refractivity contribution is 0.460. The molecule has 0 unspecified atom stereocenters. The second kappa shape index (κ2) is 14.4. The van der Waals surface area contributed by atoms with Crippen LogP contribution in [0.3, 0.4) is 0 Å². The van der Waals surface area contributed by atoms with Gasteiger partial charge in [-0.3, -0.25) is 0 Å². The third-order valence-electron chi connectivity index (χ3n) is 15.0. The summed E-state index contributed by atoms with van der Waals surface area (Å²) in [6.45, 7) is 0. The van der Waals surface area contributed by atoms with Gasteiger partial charge in [-0.25, -0.2) is 0 Å². The topological polar surface area (TPSA) is 15.7 Å². The lowest BCUT2D eigenvalue weighted by Gasteiger charge is -2.49. The Bertz CT molecular complexity index is 3330. The Morgan fingerprint density at radius 3 is 0.912 bits per heavy atom. The van der Waals surface area contributed by atoms with Crippen molar-refractivity contribution in [3.05, 3.63) is 286 Å². The zero-order valence-electron chi connectivity index (χ0n) is 36.8. The van der Waals surface area contributed by atoms with Crippen LogP contribution in [0.4, 0.5) is 34.1 Å². The quantitative estimate of drug-likeness (QED) is 0.171. The first-order valence-electron chi connectivity index (χ1n) is 23.4. The van der Waals surface area contributed by atoms with Crippen molar-refractivity contribution in [3.8, 4) is 11.5 Å². The molecule has 320 valence electrons. The molecule has 5 aliphatic heterocycles. The highest BCUT2D eigenvalue weighted by molar-refractivity contribution is 7.99. The summed E-state index contributed by atoms with van der Waals surface area (Å²) in [6, 6.07) is 85.7. The Hall–Kier alpha value is -7.70. The normalized spacial score (nSPS) is 15.5. The largest absolute Gasteiger partial charge is 0.457 e. The lowest BCUT2D eigenvalue weighted by atomic mass is 9.62. The van der Waals surface area contributed by atoms with Gasteiger partial charge in [-0.1, -0.05) is 181 Å². The van der Waals surface area contributed by atoms with Crippen LogP contribution in [0.15, 0.2) is 250 Å². The maximum Gasteiger partial charge on any atom is 0.133 e. The molecule has 5 aliphatic rings. The van der Waals surface area contributed by atoms with Crippen LogP contribution in [0.5, 0.6) is 11.5 Å². The predicted octanol–water partition coefficient (Wildman–Crippen LogP) is 16.6. The van der Waals surface area contributed by atoms with Crippen LogP contribution in [-0.2, 0) is 17.3 Å². The minimum Gasteiger partial charge on any atom is -0.457 e. The molecule has 0 saturated heterocycles. The molecule has 68 heavy (non-hydrogen) atoms. The van der Waals surface area contributed by atoms with E-state index in [2.05, 4.69) is 240 Å². The number of hydrogen-bond acceptors (Lipinski definition) is 5. The molecule has 10 aromatic carbocycles. The van der Waals surface area contributed by atoms with Gasteiger partial charge in [0.05, 0.1) is 33.6 Å². The fraction of sp³-hybridized carbons (Fsp3) is 0.0476. The summed E-state index contributed by atoms with van der Waals surface area (Å²) in [4.78, 5) is 10.1. The van der Waals surface area contributed by atoms with E-state index in [0.717, 1.165) is 29.3 Å². The van der Waals surface area contributed by atoms with Crippen molar-refractivity contribution >= 4 is 57.6 Å². The Morgan fingerprint density at radius 1 is 0.309 bits per heavy atom. The summed E-state index contributed by atoms with van der Waals surface area (Å²) in [5.74, 6) is 1.77. The molecule has 0 fully saturated rings. The molecule has 15 rings (SSSR count). The van der Waals surface area contributed by atoms with E-state index in [0.29, 0.717) is 0 Å². The molecule has 0 atom stereocenters. The van der Waals surface area contributed by atoms with Gasteiger partial charge in [-0.15, -0.1) is 0 Å². The molecule has 0 bridgehead atoms. The number of anilines is 6. The highest BCUT2D eigenvalue weighted by Gasteiger charge is 2.52. The summed E-state index contributed by atoms with van der Waals surface area (Å²) in [5, 5.41) is 0. The maximum absolute atomic E-state index is 7.14. The highest BCUT2D eigenvalue weighted by atomic mass is 32.2. The van der Waals surface area contributed by atoms with Crippen molar-refractivity contribution in [2.75, 3.05) is 9.80 Å². The minimum atomic E-state index is -0.490. The molecule has 0 radical (unpaired) electrons. The molecular weight excluding hydrogens is 865 g/mol. The second-order valence-electron chi connectivity index (χ2n) is 18.3. The van der Waals surface area contributed by atoms with E-state index >= 15 is 0 Å². The van der Waals surface area contributed by atoms with E-state index < -0.39 is 10.8 Å². The molecule has 3 nitrogen and oxygen atoms in total. The first-order valence-corrected chi connectivity index (χ1v) is 25.0. The fourth-order valence-corrected chi connectivity index (χ4v) is 14.8. The Kier molecular flexibility index (Phi) is 8.14. The van der Waals surface area contributed by atoms with Crippen molar-refractivity contribution in [2.45, 2.75) is 36.8 Å². The van der Waals surface area contributed by atoms with Gasteiger partial charge in [-0.2, -0.15) is 0 Å². The first kappa shape index (κ1) is 38.4. The minimum absolute atomic E-state index is 0.490. The van der Waals surface area contributed by atoms with E-state index in [9.17, 15) is 0 Å². The van der Waals surface area contributed by atoms with E-state index in [1.165, 1.54) is 98.0 Å². The number of fused-ring (bicyclic) bond motifs is 18. The van der Waals surface area contributed by atoms with E-state index in [1.54, 1.807) is 0 Å². The third kappa shape index (κ3) is 5.07. The molecule has 5 heteroatoms.